The van der Waals surface area contributed by atoms with Crippen LogP contribution in [0.1, 0.15) is 37.3 Å². The van der Waals surface area contributed by atoms with E-state index in [1.54, 1.807) is 0 Å². The lowest BCUT2D eigenvalue weighted by Gasteiger charge is -2.24. The van der Waals surface area contributed by atoms with Gasteiger partial charge in [-0.05, 0) is 56.4 Å². The standard InChI is InChI=1S/C17H28N2S/c1-14(10-11-20-3)19(2)13-16-6-4-15(5-7-16)12-18-17-8-9-17/h4-7,14,17-18H,8-13H2,1-3H3. The highest BCUT2D eigenvalue weighted by atomic mass is 32.2. The van der Waals surface area contributed by atoms with Gasteiger partial charge in [0.05, 0.1) is 0 Å². The largest absolute Gasteiger partial charge is 0.310 e. The van der Waals surface area contributed by atoms with Gasteiger partial charge in [0.2, 0.25) is 0 Å². The molecule has 1 aromatic carbocycles. The highest BCUT2D eigenvalue weighted by molar-refractivity contribution is 7.98. The molecule has 1 atom stereocenters. The summed E-state index contributed by atoms with van der Waals surface area (Å²) in [5.74, 6) is 1.25. The summed E-state index contributed by atoms with van der Waals surface area (Å²) < 4.78 is 0. The number of thioether (sulfide) groups is 1. The predicted octanol–water partition coefficient (Wildman–Crippen LogP) is 3.51. The third kappa shape index (κ3) is 5.47. The molecule has 112 valence electrons. The second-order valence-electron chi connectivity index (χ2n) is 6.02. The third-order valence-electron chi connectivity index (χ3n) is 4.12. The Morgan fingerprint density at radius 3 is 2.50 bits per heavy atom. The summed E-state index contributed by atoms with van der Waals surface area (Å²) in [6.45, 7) is 4.39. The molecule has 0 bridgehead atoms. The maximum Gasteiger partial charge on any atom is 0.0233 e. The van der Waals surface area contributed by atoms with E-state index in [0.717, 1.165) is 19.1 Å². The molecule has 3 heteroatoms. The maximum atomic E-state index is 3.56. The van der Waals surface area contributed by atoms with Gasteiger partial charge in [0, 0.05) is 25.2 Å². The fourth-order valence-corrected chi connectivity index (χ4v) is 2.84. The normalized spacial score (nSPS) is 16.6. The summed E-state index contributed by atoms with van der Waals surface area (Å²) in [6.07, 6.45) is 6.16. The summed E-state index contributed by atoms with van der Waals surface area (Å²) in [4.78, 5) is 2.45. The Kier molecular flexibility index (Phi) is 6.40. The van der Waals surface area contributed by atoms with Crippen LogP contribution in [-0.4, -0.2) is 36.0 Å². The Balaban J connectivity index is 1.76. The molecule has 20 heavy (non-hydrogen) atoms. The SMILES string of the molecule is CSCCC(C)N(C)Cc1ccc(CNC2CC2)cc1. The van der Waals surface area contributed by atoms with E-state index in [1.807, 2.05) is 11.8 Å². The molecule has 0 radical (unpaired) electrons. The summed E-state index contributed by atoms with van der Waals surface area (Å²) in [7, 11) is 2.23. The molecular weight excluding hydrogens is 264 g/mol. The Bertz CT molecular complexity index is 386. The molecular formula is C17H28N2S. The van der Waals surface area contributed by atoms with E-state index in [-0.39, 0.29) is 0 Å². The van der Waals surface area contributed by atoms with Gasteiger partial charge in [-0.15, -0.1) is 0 Å². The number of rotatable bonds is 9. The fraction of sp³-hybridized carbons (Fsp3) is 0.647. The number of nitrogens with one attached hydrogen (secondary N) is 1. The van der Waals surface area contributed by atoms with Crippen LogP contribution >= 0.6 is 11.8 Å². The van der Waals surface area contributed by atoms with E-state index < -0.39 is 0 Å². The van der Waals surface area contributed by atoms with Crippen molar-refractivity contribution in [2.24, 2.45) is 0 Å². The van der Waals surface area contributed by atoms with Crippen LogP contribution in [0.4, 0.5) is 0 Å². The zero-order valence-electron chi connectivity index (χ0n) is 13.1. The lowest BCUT2D eigenvalue weighted by Crippen LogP contribution is -2.29. The highest BCUT2D eigenvalue weighted by Crippen LogP contribution is 2.19. The molecule has 0 amide bonds. The minimum absolute atomic E-state index is 0.652. The van der Waals surface area contributed by atoms with Gasteiger partial charge < -0.3 is 5.32 Å². The lowest BCUT2D eigenvalue weighted by atomic mass is 10.1. The van der Waals surface area contributed by atoms with Crippen molar-refractivity contribution in [1.82, 2.24) is 10.2 Å². The number of benzene rings is 1. The van der Waals surface area contributed by atoms with Gasteiger partial charge in [-0.3, -0.25) is 4.90 Å². The van der Waals surface area contributed by atoms with Crippen LogP contribution in [0, 0.1) is 0 Å². The van der Waals surface area contributed by atoms with Crippen LogP contribution < -0.4 is 5.32 Å². The van der Waals surface area contributed by atoms with E-state index in [9.17, 15) is 0 Å². The molecule has 0 saturated heterocycles. The Hall–Kier alpha value is -0.510. The van der Waals surface area contributed by atoms with Crippen molar-refractivity contribution >= 4 is 11.8 Å². The maximum absolute atomic E-state index is 3.56. The molecule has 2 rings (SSSR count). The monoisotopic (exact) mass is 292 g/mol. The zero-order chi connectivity index (χ0) is 14.4. The minimum Gasteiger partial charge on any atom is -0.310 e. The third-order valence-corrected chi connectivity index (χ3v) is 4.76. The first-order valence-corrected chi connectivity index (χ1v) is 9.09. The van der Waals surface area contributed by atoms with Gasteiger partial charge in [-0.25, -0.2) is 0 Å². The smallest absolute Gasteiger partial charge is 0.0233 e. The van der Waals surface area contributed by atoms with Crippen LogP contribution in [0.3, 0.4) is 0 Å². The molecule has 0 heterocycles. The fourth-order valence-electron chi connectivity index (χ4n) is 2.26. The van der Waals surface area contributed by atoms with Crippen molar-refractivity contribution in [1.29, 1.82) is 0 Å². The summed E-state index contributed by atoms with van der Waals surface area (Å²) in [5, 5.41) is 3.56. The molecule has 1 aliphatic carbocycles. The lowest BCUT2D eigenvalue weighted by molar-refractivity contribution is 0.245. The van der Waals surface area contributed by atoms with Crippen LogP contribution in [0.25, 0.3) is 0 Å². The van der Waals surface area contributed by atoms with Gasteiger partial charge in [0.1, 0.15) is 0 Å². The molecule has 1 fully saturated rings. The second kappa shape index (κ2) is 8.06. The predicted molar refractivity (Wildman–Crippen MR) is 90.2 cm³/mol. The molecule has 0 spiro atoms. The van der Waals surface area contributed by atoms with Gasteiger partial charge in [-0.2, -0.15) is 11.8 Å². The quantitative estimate of drug-likeness (QED) is 0.750. The van der Waals surface area contributed by atoms with Gasteiger partial charge in [0.25, 0.3) is 0 Å². The minimum atomic E-state index is 0.652. The molecule has 0 aromatic heterocycles. The number of hydrogen-bond donors (Lipinski definition) is 1. The van der Waals surface area contributed by atoms with Crippen LogP contribution in [0.15, 0.2) is 24.3 Å². The molecule has 1 aromatic rings. The van der Waals surface area contributed by atoms with Crippen molar-refractivity contribution < 1.29 is 0 Å². The van der Waals surface area contributed by atoms with E-state index in [4.69, 9.17) is 0 Å². The number of hydrogen-bond acceptors (Lipinski definition) is 3. The van der Waals surface area contributed by atoms with E-state index >= 15 is 0 Å². The van der Waals surface area contributed by atoms with Crippen LogP contribution in [0.5, 0.6) is 0 Å². The average Bonchev–Trinajstić information content (AvgIpc) is 3.28. The molecule has 1 N–H and O–H groups in total. The van der Waals surface area contributed by atoms with Gasteiger partial charge in [-0.1, -0.05) is 24.3 Å². The zero-order valence-corrected chi connectivity index (χ0v) is 13.9. The Morgan fingerprint density at radius 1 is 1.25 bits per heavy atom. The van der Waals surface area contributed by atoms with Gasteiger partial charge >= 0.3 is 0 Å². The van der Waals surface area contributed by atoms with Crippen molar-refractivity contribution in [2.75, 3.05) is 19.1 Å². The molecule has 0 aliphatic heterocycles. The van der Waals surface area contributed by atoms with Crippen molar-refractivity contribution in [3.05, 3.63) is 35.4 Å². The highest BCUT2D eigenvalue weighted by Gasteiger charge is 2.19. The van der Waals surface area contributed by atoms with Crippen LogP contribution in [0.2, 0.25) is 0 Å². The summed E-state index contributed by atoms with van der Waals surface area (Å²) in [5.41, 5.74) is 2.82. The first kappa shape index (κ1) is 15.9. The first-order valence-electron chi connectivity index (χ1n) is 7.69. The summed E-state index contributed by atoms with van der Waals surface area (Å²) >= 11 is 1.93. The van der Waals surface area contributed by atoms with E-state index in [0.29, 0.717) is 6.04 Å². The molecule has 2 nitrogen and oxygen atoms in total. The van der Waals surface area contributed by atoms with Crippen molar-refractivity contribution in [2.45, 2.75) is 51.4 Å². The van der Waals surface area contributed by atoms with Gasteiger partial charge in [0.15, 0.2) is 0 Å². The topological polar surface area (TPSA) is 15.3 Å². The molecule has 1 aliphatic rings. The first-order chi connectivity index (χ1) is 9.69. The van der Waals surface area contributed by atoms with E-state index in [2.05, 4.69) is 54.7 Å². The van der Waals surface area contributed by atoms with Crippen molar-refractivity contribution in [3.8, 4) is 0 Å². The van der Waals surface area contributed by atoms with Crippen molar-refractivity contribution in [3.63, 3.8) is 0 Å². The average molecular weight is 292 g/mol. The Morgan fingerprint density at radius 2 is 1.90 bits per heavy atom. The second-order valence-corrected chi connectivity index (χ2v) is 7.00. The summed E-state index contributed by atoms with van der Waals surface area (Å²) in [6, 6.07) is 10.5. The molecule has 1 saturated carbocycles. The van der Waals surface area contributed by atoms with Crippen LogP contribution in [-0.2, 0) is 13.1 Å². The molecule has 1 unspecified atom stereocenters. The Labute approximate surface area is 128 Å². The number of nitrogens with zero attached hydrogens (tertiary/aromatic N) is 1. The van der Waals surface area contributed by atoms with E-state index in [1.165, 1.54) is 36.1 Å².